The fourth-order valence-corrected chi connectivity index (χ4v) is 2.71. The van der Waals surface area contributed by atoms with E-state index in [9.17, 15) is 9.90 Å². The SMILES string of the molecule is CCC1CN(C(=O)C2CC(O)CN2)CCN1C. The number of piperazine rings is 1. The molecule has 5 heteroatoms. The number of hydrogen-bond donors (Lipinski definition) is 2. The van der Waals surface area contributed by atoms with E-state index in [-0.39, 0.29) is 18.1 Å². The molecule has 0 aromatic carbocycles. The van der Waals surface area contributed by atoms with Crippen molar-refractivity contribution >= 4 is 5.91 Å². The topological polar surface area (TPSA) is 55.8 Å². The fraction of sp³-hybridized carbons (Fsp3) is 0.917. The Balaban J connectivity index is 1.91. The normalized spacial score (nSPS) is 35.2. The zero-order chi connectivity index (χ0) is 12.4. The highest BCUT2D eigenvalue weighted by Gasteiger charge is 2.34. The van der Waals surface area contributed by atoms with E-state index in [0.717, 1.165) is 26.1 Å². The number of likely N-dealkylation sites (N-methyl/N-ethyl adjacent to an activating group) is 1. The maximum atomic E-state index is 12.2. The molecule has 3 unspecified atom stereocenters. The average Bonchev–Trinajstić information content (AvgIpc) is 2.75. The molecule has 2 aliphatic rings. The molecule has 2 aliphatic heterocycles. The first kappa shape index (κ1) is 12.8. The van der Waals surface area contributed by atoms with E-state index < -0.39 is 0 Å². The lowest BCUT2D eigenvalue weighted by Gasteiger charge is -2.40. The molecule has 0 spiro atoms. The van der Waals surface area contributed by atoms with Crippen LogP contribution in [0.15, 0.2) is 0 Å². The number of aliphatic hydroxyl groups is 1. The molecule has 2 saturated heterocycles. The van der Waals surface area contributed by atoms with Crippen molar-refractivity contribution in [1.82, 2.24) is 15.1 Å². The molecule has 2 N–H and O–H groups in total. The summed E-state index contributed by atoms with van der Waals surface area (Å²) in [7, 11) is 2.12. The molecule has 0 radical (unpaired) electrons. The number of amides is 1. The van der Waals surface area contributed by atoms with Crippen LogP contribution in [0.1, 0.15) is 19.8 Å². The number of carbonyl (C=O) groups excluding carboxylic acids is 1. The van der Waals surface area contributed by atoms with Crippen molar-refractivity contribution in [2.45, 2.75) is 38.0 Å². The van der Waals surface area contributed by atoms with E-state index in [2.05, 4.69) is 24.2 Å². The highest BCUT2D eigenvalue weighted by Crippen LogP contribution is 2.15. The van der Waals surface area contributed by atoms with Crippen molar-refractivity contribution in [3.8, 4) is 0 Å². The van der Waals surface area contributed by atoms with Gasteiger partial charge in [0.1, 0.15) is 0 Å². The van der Waals surface area contributed by atoms with Crippen LogP contribution in [-0.4, -0.2) is 72.2 Å². The summed E-state index contributed by atoms with van der Waals surface area (Å²) in [6.45, 7) is 5.27. The van der Waals surface area contributed by atoms with Gasteiger partial charge in [-0.25, -0.2) is 0 Å². The largest absolute Gasteiger partial charge is 0.392 e. The zero-order valence-electron chi connectivity index (χ0n) is 10.7. The number of β-amino-alcohol motifs (C(OH)–C–C–N with tert-alkyl or cyclic N) is 1. The molecule has 5 nitrogen and oxygen atoms in total. The van der Waals surface area contributed by atoms with Gasteiger partial charge in [0.25, 0.3) is 0 Å². The fourth-order valence-electron chi connectivity index (χ4n) is 2.71. The average molecular weight is 241 g/mol. The minimum atomic E-state index is -0.363. The summed E-state index contributed by atoms with van der Waals surface area (Å²) in [5.74, 6) is 0.160. The lowest BCUT2D eigenvalue weighted by atomic mass is 10.1. The Hall–Kier alpha value is -0.650. The first-order valence-electron chi connectivity index (χ1n) is 6.52. The summed E-state index contributed by atoms with van der Waals surface area (Å²) in [5, 5.41) is 12.5. The highest BCUT2D eigenvalue weighted by molar-refractivity contribution is 5.82. The van der Waals surface area contributed by atoms with Gasteiger partial charge in [0, 0.05) is 32.2 Å². The van der Waals surface area contributed by atoms with Gasteiger partial charge < -0.3 is 15.3 Å². The number of rotatable bonds is 2. The predicted molar refractivity (Wildman–Crippen MR) is 65.7 cm³/mol. The molecule has 98 valence electrons. The first-order chi connectivity index (χ1) is 8.11. The second-order valence-corrected chi connectivity index (χ2v) is 5.18. The van der Waals surface area contributed by atoms with Gasteiger partial charge in [0.2, 0.25) is 5.91 Å². The molecule has 17 heavy (non-hydrogen) atoms. The minimum absolute atomic E-state index is 0.160. The second-order valence-electron chi connectivity index (χ2n) is 5.18. The Bertz CT molecular complexity index is 285. The summed E-state index contributed by atoms with van der Waals surface area (Å²) in [6, 6.07) is 0.296. The van der Waals surface area contributed by atoms with Crippen LogP contribution in [0.5, 0.6) is 0 Å². The van der Waals surface area contributed by atoms with Crippen LogP contribution in [0.4, 0.5) is 0 Å². The quantitative estimate of drug-likeness (QED) is 0.669. The third kappa shape index (κ3) is 2.78. The van der Waals surface area contributed by atoms with Gasteiger partial charge in [-0.15, -0.1) is 0 Å². The Morgan fingerprint density at radius 1 is 1.47 bits per heavy atom. The summed E-state index contributed by atoms with van der Waals surface area (Å²) in [5.41, 5.74) is 0. The van der Waals surface area contributed by atoms with Crippen LogP contribution >= 0.6 is 0 Å². The van der Waals surface area contributed by atoms with Crippen LogP contribution in [0.3, 0.4) is 0 Å². The number of aliphatic hydroxyl groups excluding tert-OH is 1. The zero-order valence-corrected chi connectivity index (χ0v) is 10.7. The van der Waals surface area contributed by atoms with Crippen LogP contribution in [0, 0.1) is 0 Å². The van der Waals surface area contributed by atoms with Crippen LogP contribution in [0.25, 0.3) is 0 Å². The molecule has 1 amide bonds. The number of hydrogen-bond acceptors (Lipinski definition) is 4. The van der Waals surface area contributed by atoms with E-state index >= 15 is 0 Å². The van der Waals surface area contributed by atoms with E-state index in [1.807, 2.05) is 4.90 Å². The van der Waals surface area contributed by atoms with Crippen molar-refractivity contribution in [1.29, 1.82) is 0 Å². The van der Waals surface area contributed by atoms with Crippen molar-refractivity contribution in [3.63, 3.8) is 0 Å². The third-order valence-corrected chi connectivity index (χ3v) is 3.97. The molecule has 2 heterocycles. The molecular formula is C12H23N3O2. The van der Waals surface area contributed by atoms with E-state index in [0.29, 0.717) is 19.0 Å². The molecule has 2 fully saturated rings. The summed E-state index contributed by atoms with van der Waals surface area (Å²) in [6.07, 6.45) is 1.27. The molecule has 2 rings (SSSR count). The van der Waals surface area contributed by atoms with Gasteiger partial charge in [-0.1, -0.05) is 6.92 Å². The lowest BCUT2D eigenvalue weighted by molar-refractivity contribution is -0.136. The van der Waals surface area contributed by atoms with Gasteiger partial charge in [-0.3, -0.25) is 9.69 Å². The second kappa shape index (κ2) is 5.33. The smallest absolute Gasteiger partial charge is 0.239 e. The number of nitrogens with zero attached hydrogens (tertiary/aromatic N) is 2. The summed E-state index contributed by atoms with van der Waals surface area (Å²) in [4.78, 5) is 16.5. The third-order valence-electron chi connectivity index (χ3n) is 3.97. The molecule has 0 bridgehead atoms. The van der Waals surface area contributed by atoms with Crippen molar-refractivity contribution in [3.05, 3.63) is 0 Å². The van der Waals surface area contributed by atoms with Crippen molar-refractivity contribution < 1.29 is 9.90 Å². The molecule has 0 saturated carbocycles. The van der Waals surface area contributed by atoms with Crippen LogP contribution < -0.4 is 5.32 Å². The Morgan fingerprint density at radius 2 is 2.24 bits per heavy atom. The maximum absolute atomic E-state index is 12.2. The highest BCUT2D eigenvalue weighted by atomic mass is 16.3. The van der Waals surface area contributed by atoms with Crippen LogP contribution in [-0.2, 0) is 4.79 Å². The van der Waals surface area contributed by atoms with Crippen molar-refractivity contribution in [2.24, 2.45) is 0 Å². The maximum Gasteiger partial charge on any atom is 0.239 e. The van der Waals surface area contributed by atoms with Gasteiger partial charge in [-0.05, 0) is 19.9 Å². The molecule has 0 aromatic heterocycles. The van der Waals surface area contributed by atoms with Gasteiger partial charge in [0.05, 0.1) is 12.1 Å². The number of nitrogens with one attached hydrogen (secondary N) is 1. The lowest BCUT2D eigenvalue weighted by Crippen LogP contribution is -2.56. The summed E-state index contributed by atoms with van der Waals surface area (Å²) < 4.78 is 0. The van der Waals surface area contributed by atoms with Crippen molar-refractivity contribution in [2.75, 3.05) is 33.2 Å². The Morgan fingerprint density at radius 3 is 2.82 bits per heavy atom. The monoisotopic (exact) mass is 241 g/mol. The van der Waals surface area contributed by atoms with Gasteiger partial charge in [-0.2, -0.15) is 0 Å². The molecule has 0 aromatic rings. The molecule has 3 atom stereocenters. The van der Waals surface area contributed by atoms with Gasteiger partial charge in [0.15, 0.2) is 0 Å². The van der Waals surface area contributed by atoms with E-state index in [1.165, 1.54) is 0 Å². The molecule has 0 aliphatic carbocycles. The Kier molecular flexibility index (Phi) is 4.01. The Labute approximate surface area is 103 Å². The molecular weight excluding hydrogens is 218 g/mol. The minimum Gasteiger partial charge on any atom is -0.392 e. The van der Waals surface area contributed by atoms with E-state index in [4.69, 9.17) is 0 Å². The standard InChI is InChI=1S/C12H23N3O2/c1-3-9-8-15(5-4-14(9)2)12(17)11-6-10(16)7-13-11/h9-11,13,16H,3-8H2,1-2H3. The number of carbonyl (C=O) groups is 1. The predicted octanol–water partition coefficient (Wildman–Crippen LogP) is -0.738. The van der Waals surface area contributed by atoms with Crippen LogP contribution in [0.2, 0.25) is 0 Å². The van der Waals surface area contributed by atoms with E-state index in [1.54, 1.807) is 0 Å². The summed E-state index contributed by atoms with van der Waals surface area (Å²) >= 11 is 0. The van der Waals surface area contributed by atoms with Gasteiger partial charge >= 0.3 is 0 Å². The first-order valence-corrected chi connectivity index (χ1v) is 6.52.